The standard InChI is InChI=1S/C22H24F5N5O2/c1-3-28-20-17(18(19(23)24)34-21(33)31-20)11(2)15-8-13(22(25,26)27)9-16(30-15)32-7-5-14-12(10-32)4-6-29-14/h3,8-9,12,14,18-19,29H,1,4-7,10H2,2H3,(H,28,31,33)/b17-11+. The van der Waals surface area contributed by atoms with Crippen LogP contribution in [0.2, 0.25) is 0 Å². The molecule has 3 fully saturated rings. The zero-order valence-electron chi connectivity index (χ0n) is 18.3. The maximum Gasteiger partial charge on any atom is 0.416 e. The minimum absolute atomic E-state index is 0.0179. The number of alkyl carbamates (subject to hydrolysis) is 1. The topological polar surface area (TPSA) is 78.8 Å². The number of alkyl halides is 5. The number of carbonyl (C=O) groups is 1. The first-order valence-corrected chi connectivity index (χ1v) is 10.8. The molecule has 0 spiro atoms. The van der Waals surface area contributed by atoms with E-state index in [0.717, 1.165) is 37.7 Å². The van der Waals surface area contributed by atoms with Crippen molar-refractivity contribution in [1.29, 1.82) is 0 Å². The average Bonchev–Trinajstić information content (AvgIpc) is 3.25. The second-order valence-electron chi connectivity index (χ2n) is 8.43. The number of aliphatic imine (C=N–C) groups is 1. The number of hydrogen-bond donors (Lipinski definition) is 2. The van der Waals surface area contributed by atoms with Gasteiger partial charge in [0.25, 0.3) is 6.43 Å². The van der Waals surface area contributed by atoms with Crippen molar-refractivity contribution in [2.75, 3.05) is 24.5 Å². The number of ether oxygens (including phenoxy) is 1. The number of nitrogens with zero attached hydrogens (tertiary/aromatic N) is 3. The van der Waals surface area contributed by atoms with Crippen molar-refractivity contribution >= 4 is 23.3 Å². The fourth-order valence-corrected chi connectivity index (χ4v) is 4.69. The molecule has 34 heavy (non-hydrogen) atoms. The third-order valence-electron chi connectivity index (χ3n) is 6.35. The van der Waals surface area contributed by atoms with Gasteiger partial charge in [0.15, 0.2) is 6.10 Å². The molecule has 1 amide bonds. The second-order valence-corrected chi connectivity index (χ2v) is 8.43. The summed E-state index contributed by atoms with van der Waals surface area (Å²) < 4.78 is 73.6. The Labute approximate surface area is 192 Å². The molecule has 4 heterocycles. The van der Waals surface area contributed by atoms with E-state index in [2.05, 4.69) is 27.2 Å². The molecule has 0 bridgehead atoms. The first-order chi connectivity index (χ1) is 16.1. The van der Waals surface area contributed by atoms with E-state index in [1.807, 2.05) is 0 Å². The van der Waals surface area contributed by atoms with E-state index < -0.39 is 30.4 Å². The Morgan fingerprint density at radius 3 is 2.79 bits per heavy atom. The van der Waals surface area contributed by atoms with Gasteiger partial charge in [-0.25, -0.2) is 23.6 Å². The zero-order valence-corrected chi connectivity index (χ0v) is 18.3. The van der Waals surface area contributed by atoms with Crippen molar-refractivity contribution in [1.82, 2.24) is 15.6 Å². The number of piperidine rings is 1. The lowest BCUT2D eigenvalue weighted by Crippen LogP contribution is -2.47. The van der Waals surface area contributed by atoms with E-state index >= 15 is 0 Å². The van der Waals surface area contributed by atoms with E-state index in [1.54, 1.807) is 4.90 Å². The Kier molecular flexibility index (Phi) is 6.61. The van der Waals surface area contributed by atoms with Crippen LogP contribution in [0.3, 0.4) is 0 Å². The van der Waals surface area contributed by atoms with E-state index in [1.165, 1.54) is 6.92 Å². The van der Waals surface area contributed by atoms with E-state index in [9.17, 15) is 26.7 Å². The summed E-state index contributed by atoms with van der Waals surface area (Å²) >= 11 is 0. The lowest BCUT2D eigenvalue weighted by molar-refractivity contribution is -0.137. The van der Waals surface area contributed by atoms with Gasteiger partial charge in [-0.15, -0.1) is 0 Å². The monoisotopic (exact) mass is 485 g/mol. The zero-order chi connectivity index (χ0) is 24.6. The van der Waals surface area contributed by atoms with Crippen molar-refractivity contribution < 1.29 is 31.5 Å². The highest BCUT2D eigenvalue weighted by atomic mass is 19.4. The van der Waals surface area contributed by atoms with Gasteiger partial charge in [0.1, 0.15) is 11.7 Å². The highest BCUT2D eigenvalue weighted by molar-refractivity contribution is 6.13. The van der Waals surface area contributed by atoms with E-state index in [-0.39, 0.29) is 28.5 Å². The van der Waals surface area contributed by atoms with Gasteiger partial charge in [0, 0.05) is 30.9 Å². The molecule has 0 radical (unpaired) electrons. The largest absolute Gasteiger partial charge is 0.435 e. The van der Waals surface area contributed by atoms with Gasteiger partial charge in [-0.2, -0.15) is 13.2 Å². The fourth-order valence-electron chi connectivity index (χ4n) is 4.69. The van der Waals surface area contributed by atoms with Gasteiger partial charge in [-0.1, -0.05) is 6.58 Å². The van der Waals surface area contributed by atoms with Crippen LogP contribution in [0.25, 0.3) is 5.57 Å². The molecule has 7 nitrogen and oxygen atoms in total. The normalized spacial score (nSPS) is 28.0. The Hall–Kier alpha value is -3.02. The summed E-state index contributed by atoms with van der Waals surface area (Å²) in [6.45, 7) is 6.67. The van der Waals surface area contributed by atoms with Crippen LogP contribution in [0, 0.1) is 5.92 Å². The number of rotatable bonds is 4. The van der Waals surface area contributed by atoms with Gasteiger partial charge in [0.05, 0.1) is 11.3 Å². The van der Waals surface area contributed by atoms with Crippen molar-refractivity contribution in [2.24, 2.45) is 10.9 Å². The number of aromatic nitrogens is 1. The summed E-state index contributed by atoms with van der Waals surface area (Å²) in [7, 11) is 0. The minimum Gasteiger partial charge on any atom is -0.435 e. The molecular formula is C22H24F5N5O2. The molecule has 2 N–H and O–H groups in total. The van der Waals surface area contributed by atoms with Crippen LogP contribution in [0.5, 0.6) is 0 Å². The number of allylic oxidation sites excluding steroid dienone is 1. The molecule has 3 atom stereocenters. The summed E-state index contributed by atoms with van der Waals surface area (Å²) in [4.78, 5) is 21.8. The number of anilines is 1. The van der Waals surface area contributed by atoms with Crippen molar-refractivity contribution in [3.63, 3.8) is 0 Å². The molecular weight excluding hydrogens is 461 g/mol. The summed E-state index contributed by atoms with van der Waals surface area (Å²) in [5.41, 5.74) is -1.38. The van der Waals surface area contributed by atoms with Crippen LogP contribution < -0.4 is 15.5 Å². The second kappa shape index (κ2) is 9.32. The quantitative estimate of drug-likeness (QED) is 0.631. The van der Waals surface area contributed by atoms with Gasteiger partial charge >= 0.3 is 12.3 Å². The van der Waals surface area contributed by atoms with Crippen molar-refractivity contribution in [3.05, 3.63) is 41.7 Å². The first kappa shape index (κ1) is 24.1. The number of fused-ring (bicyclic) bond motifs is 1. The first-order valence-electron chi connectivity index (χ1n) is 10.8. The molecule has 3 unspecified atom stereocenters. The number of nitrogens with one attached hydrogen (secondary N) is 2. The number of amides is 1. The number of carbonyl (C=O) groups excluding carboxylic acids is 1. The van der Waals surface area contributed by atoms with Gasteiger partial charge in [0.2, 0.25) is 0 Å². The van der Waals surface area contributed by atoms with Crippen LogP contribution in [0.15, 0.2) is 35.5 Å². The number of halogens is 5. The van der Waals surface area contributed by atoms with Crippen LogP contribution in [-0.4, -0.2) is 55.1 Å². The van der Waals surface area contributed by atoms with Crippen molar-refractivity contribution in [2.45, 2.75) is 44.5 Å². The molecule has 12 heteroatoms. The Bertz CT molecular complexity index is 1040. The smallest absolute Gasteiger partial charge is 0.416 e. The summed E-state index contributed by atoms with van der Waals surface area (Å²) in [5, 5.41) is 5.61. The van der Waals surface area contributed by atoms with Crippen molar-refractivity contribution in [3.8, 4) is 0 Å². The SMILES string of the molecule is C=CN=C1NC(=O)OC(C(F)F)/C1=C(/C)c1cc(C(F)(F)F)cc(N2CCC3NCCC3C2)n1. The molecule has 3 aliphatic rings. The van der Waals surface area contributed by atoms with Crippen LogP contribution in [0.4, 0.5) is 32.6 Å². The molecule has 3 aliphatic heterocycles. The Balaban J connectivity index is 1.82. The molecule has 1 aromatic rings. The number of hydrogen-bond acceptors (Lipinski definition) is 6. The third kappa shape index (κ3) is 4.77. The molecule has 184 valence electrons. The van der Waals surface area contributed by atoms with Gasteiger partial charge in [-0.05, 0) is 49.9 Å². The number of pyridine rings is 1. The minimum atomic E-state index is -4.68. The molecule has 1 aromatic heterocycles. The molecule has 0 aliphatic carbocycles. The molecule has 0 aromatic carbocycles. The number of cyclic esters (lactones) is 1. The molecule has 0 saturated carbocycles. The maximum atomic E-state index is 13.8. The highest BCUT2D eigenvalue weighted by Crippen LogP contribution is 2.36. The third-order valence-corrected chi connectivity index (χ3v) is 6.35. The maximum absolute atomic E-state index is 13.8. The fraction of sp³-hybridized carbons (Fsp3) is 0.500. The predicted molar refractivity (Wildman–Crippen MR) is 116 cm³/mol. The molecule has 4 rings (SSSR count). The Morgan fingerprint density at radius 2 is 2.12 bits per heavy atom. The Morgan fingerprint density at radius 1 is 1.35 bits per heavy atom. The highest BCUT2D eigenvalue weighted by Gasteiger charge is 2.40. The lowest BCUT2D eigenvalue weighted by Gasteiger charge is -2.36. The van der Waals surface area contributed by atoms with Crippen LogP contribution in [0.1, 0.15) is 31.0 Å². The molecule has 3 saturated heterocycles. The lowest BCUT2D eigenvalue weighted by atomic mass is 9.93. The van der Waals surface area contributed by atoms with E-state index in [4.69, 9.17) is 4.74 Å². The predicted octanol–water partition coefficient (Wildman–Crippen LogP) is 3.98. The summed E-state index contributed by atoms with van der Waals surface area (Å²) in [6.07, 6.45) is -8.26. The van der Waals surface area contributed by atoms with Crippen LogP contribution >= 0.6 is 0 Å². The summed E-state index contributed by atoms with van der Waals surface area (Å²) in [5.74, 6) is 0.142. The van der Waals surface area contributed by atoms with Crippen LogP contribution in [-0.2, 0) is 10.9 Å². The average molecular weight is 485 g/mol. The van der Waals surface area contributed by atoms with Gasteiger partial charge < -0.3 is 15.0 Å². The number of amidine groups is 1. The van der Waals surface area contributed by atoms with E-state index in [0.29, 0.717) is 25.0 Å². The van der Waals surface area contributed by atoms with Gasteiger partial charge in [-0.3, -0.25) is 5.32 Å². The summed E-state index contributed by atoms with van der Waals surface area (Å²) in [6, 6.07) is 2.12.